The van der Waals surface area contributed by atoms with E-state index in [0.717, 1.165) is 24.2 Å². The van der Waals surface area contributed by atoms with Crippen LogP contribution in [-0.4, -0.2) is 57.7 Å². The van der Waals surface area contributed by atoms with Crippen LogP contribution in [0.5, 0.6) is 0 Å². The summed E-state index contributed by atoms with van der Waals surface area (Å²) in [6.07, 6.45) is 3.85. The molecule has 2 heterocycles. The van der Waals surface area contributed by atoms with E-state index in [9.17, 15) is 5.11 Å². The van der Waals surface area contributed by atoms with Crippen molar-refractivity contribution in [3.63, 3.8) is 0 Å². The second-order valence-electron chi connectivity index (χ2n) is 6.45. The molecule has 1 N–H and O–H groups in total. The molecule has 2 aromatic rings. The van der Waals surface area contributed by atoms with Crippen molar-refractivity contribution in [2.75, 3.05) is 19.6 Å². The maximum absolute atomic E-state index is 10.4. The Balaban J connectivity index is 1.56. The third-order valence-corrected chi connectivity index (χ3v) is 4.10. The minimum absolute atomic E-state index is 0.223. The number of hydrogen-bond acceptors (Lipinski definition) is 4. The Kier molecular flexibility index (Phi) is 5.10. The van der Waals surface area contributed by atoms with Crippen molar-refractivity contribution < 1.29 is 9.84 Å². The maximum atomic E-state index is 10.4. The summed E-state index contributed by atoms with van der Waals surface area (Å²) in [6, 6.07) is 10.2. The molecule has 23 heavy (non-hydrogen) atoms. The van der Waals surface area contributed by atoms with Crippen LogP contribution in [0.25, 0.3) is 11.1 Å². The van der Waals surface area contributed by atoms with E-state index in [-0.39, 0.29) is 12.2 Å². The van der Waals surface area contributed by atoms with Gasteiger partial charge in [0.2, 0.25) is 0 Å². The van der Waals surface area contributed by atoms with Crippen molar-refractivity contribution in [1.29, 1.82) is 0 Å². The molecule has 124 valence electrons. The second-order valence-corrected chi connectivity index (χ2v) is 6.45. The molecule has 0 unspecified atom stereocenters. The van der Waals surface area contributed by atoms with Gasteiger partial charge in [-0.15, -0.1) is 0 Å². The standard InChI is InChI=1S/C18H25N3O2/c1-14-9-20(10-15(2)23-14)12-18(22)13-21-11-17(8-19-21)16-6-4-3-5-7-16/h3-8,11,14-15,18,22H,9-10,12-13H2,1-2H3/t14-,15+,18-/m0/s1. The summed E-state index contributed by atoms with van der Waals surface area (Å²) < 4.78 is 7.55. The molecule has 5 heteroatoms. The summed E-state index contributed by atoms with van der Waals surface area (Å²) in [5, 5.41) is 14.7. The third kappa shape index (κ3) is 4.41. The fraction of sp³-hybridized carbons (Fsp3) is 0.500. The number of aromatic nitrogens is 2. The average Bonchev–Trinajstić information content (AvgIpc) is 2.95. The minimum Gasteiger partial charge on any atom is -0.390 e. The zero-order chi connectivity index (χ0) is 16.2. The van der Waals surface area contributed by atoms with Gasteiger partial charge in [-0.25, -0.2) is 0 Å². The Morgan fingerprint density at radius 2 is 1.83 bits per heavy atom. The highest BCUT2D eigenvalue weighted by atomic mass is 16.5. The Morgan fingerprint density at radius 1 is 1.13 bits per heavy atom. The summed E-state index contributed by atoms with van der Waals surface area (Å²) in [6.45, 7) is 7.06. The van der Waals surface area contributed by atoms with Crippen LogP contribution in [0.4, 0.5) is 0 Å². The molecule has 1 aliphatic heterocycles. The van der Waals surface area contributed by atoms with Crippen LogP contribution in [0.2, 0.25) is 0 Å². The van der Waals surface area contributed by atoms with Gasteiger partial charge in [0.05, 0.1) is 31.1 Å². The summed E-state index contributed by atoms with van der Waals surface area (Å²) >= 11 is 0. The highest BCUT2D eigenvalue weighted by Gasteiger charge is 2.23. The number of hydrogen-bond donors (Lipinski definition) is 1. The molecule has 3 atom stereocenters. The van der Waals surface area contributed by atoms with Gasteiger partial charge in [-0.1, -0.05) is 30.3 Å². The SMILES string of the molecule is C[C@@H]1CN(C[C@H](O)Cn2cc(-c3ccccc3)cn2)C[C@H](C)O1. The number of β-amino-alcohol motifs (C(OH)–C–C–N with tert-alkyl or cyclic N) is 1. The van der Waals surface area contributed by atoms with Gasteiger partial charge < -0.3 is 9.84 Å². The van der Waals surface area contributed by atoms with Gasteiger partial charge in [0.1, 0.15) is 0 Å². The zero-order valence-electron chi connectivity index (χ0n) is 13.8. The minimum atomic E-state index is -0.434. The Hall–Kier alpha value is -1.69. The fourth-order valence-corrected chi connectivity index (χ4v) is 3.25. The van der Waals surface area contributed by atoms with Gasteiger partial charge in [0.25, 0.3) is 0 Å². The number of aliphatic hydroxyl groups excluding tert-OH is 1. The first kappa shape index (κ1) is 16.2. The van der Waals surface area contributed by atoms with Crippen LogP contribution in [0.1, 0.15) is 13.8 Å². The lowest BCUT2D eigenvalue weighted by molar-refractivity contribution is -0.0774. The smallest absolute Gasteiger partial charge is 0.0862 e. The van der Waals surface area contributed by atoms with Crippen molar-refractivity contribution in [2.24, 2.45) is 0 Å². The van der Waals surface area contributed by atoms with Crippen LogP contribution >= 0.6 is 0 Å². The van der Waals surface area contributed by atoms with Gasteiger partial charge in [-0.3, -0.25) is 9.58 Å². The Bertz CT molecular complexity index is 604. The molecule has 3 rings (SSSR count). The molecule has 1 saturated heterocycles. The molecular formula is C18H25N3O2. The van der Waals surface area contributed by atoms with E-state index in [2.05, 4.69) is 36.0 Å². The Morgan fingerprint density at radius 3 is 2.52 bits per heavy atom. The van der Waals surface area contributed by atoms with Crippen LogP contribution in [0, 0.1) is 0 Å². The number of morpholine rings is 1. The lowest BCUT2D eigenvalue weighted by atomic mass is 10.1. The summed E-state index contributed by atoms with van der Waals surface area (Å²) in [4.78, 5) is 2.27. The molecule has 0 saturated carbocycles. The van der Waals surface area contributed by atoms with Crippen LogP contribution in [-0.2, 0) is 11.3 Å². The van der Waals surface area contributed by atoms with Gasteiger partial charge in [-0.05, 0) is 19.4 Å². The van der Waals surface area contributed by atoms with E-state index in [1.807, 2.05) is 35.3 Å². The predicted molar refractivity (Wildman–Crippen MR) is 90.1 cm³/mol. The van der Waals surface area contributed by atoms with Gasteiger partial charge in [0, 0.05) is 31.4 Å². The summed E-state index contributed by atoms with van der Waals surface area (Å²) in [5.74, 6) is 0. The van der Waals surface area contributed by atoms with E-state index < -0.39 is 6.10 Å². The van der Waals surface area contributed by atoms with Crippen molar-refractivity contribution in [2.45, 2.75) is 38.7 Å². The first-order chi connectivity index (χ1) is 11.1. The molecular weight excluding hydrogens is 290 g/mol. The Labute approximate surface area is 137 Å². The molecule has 0 aliphatic carbocycles. The van der Waals surface area contributed by atoms with Crippen molar-refractivity contribution >= 4 is 0 Å². The topological polar surface area (TPSA) is 50.5 Å². The number of benzene rings is 1. The first-order valence-corrected chi connectivity index (χ1v) is 8.24. The molecule has 1 fully saturated rings. The molecule has 1 aromatic carbocycles. The molecule has 0 amide bonds. The van der Waals surface area contributed by atoms with Crippen molar-refractivity contribution in [1.82, 2.24) is 14.7 Å². The molecule has 0 bridgehead atoms. The molecule has 1 aromatic heterocycles. The van der Waals surface area contributed by atoms with E-state index in [1.54, 1.807) is 0 Å². The summed E-state index contributed by atoms with van der Waals surface area (Å²) in [5.41, 5.74) is 2.22. The van der Waals surface area contributed by atoms with E-state index >= 15 is 0 Å². The first-order valence-electron chi connectivity index (χ1n) is 8.24. The van der Waals surface area contributed by atoms with Gasteiger partial charge in [0.15, 0.2) is 0 Å². The van der Waals surface area contributed by atoms with Crippen LogP contribution in [0.15, 0.2) is 42.7 Å². The van der Waals surface area contributed by atoms with E-state index in [4.69, 9.17) is 4.74 Å². The maximum Gasteiger partial charge on any atom is 0.0862 e. The van der Waals surface area contributed by atoms with Gasteiger partial charge in [-0.2, -0.15) is 5.10 Å². The predicted octanol–water partition coefficient (Wildman–Crippen LogP) is 2.02. The number of aliphatic hydroxyl groups is 1. The van der Waals surface area contributed by atoms with Gasteiger partial charge >= 0.3 is 0 Å². The fourth-order valence-electron chi connectivity index (χ4n) is 3.25. The van der Waals surface area contributed by atoms with Crippen LogP contribution in [0.3, 0.4) is 0 Å². The van der Waals surface area contributed by atoms with Crippen molar-refractivity contribution in [3.05, 3.63) is 42.7 Å². The number of nitrogens with zero attached hydrogens (tertiary/aromatic N) is 3. The molecule has 0 radical (unpaired) electrons. The summed E-state index contributed by atoms with van der Waals surface area (Å²) in [7, 11) is 0. The van der Waals surface area contributed by atoms with Crippen LogP contribution < -0.4 is 0 Å². The van der Waals surface area contributed by atoms with E-state index in [1.165, 1.54) is 0 Å². The molecule has 0 spiro atoms. The quantitative estimate of drug-likeness (QED) is 0.917. The number of rotatable bonds is 5. The second kappa shape index (κ2) is 7.25. The number of ether oxygens (including phenoxy) is 1. The zero-order valence-corrected chi connectivity index (χ0v) is 13.8. The van der Waals surface area contributed by atoms with Crippen molar-refractivity contribution in [3.8, 4) is 11.1 Å². The lowest BCUT2D eigenvalue weighted by Gasteiger charge is -2.36. The normalized spacial score (nSPS) is 23.8. The molecule has 1 aliphatic rings. The van der Waals surface area contributed by atoms with E-state index in [0.29, 0.717) is 13.1 Å². The highest BCUT2D eigenvalue weighted by Crippen LogP contribution is 2.18. The third-order valence-electron chi connectivity index (χ3n) is 4.10. The monoisotopic (exact) mass is 315 g/mol. The average molecular weight is 315 g/mol. The highest BCUT2D eigenvalue weighted by molar-refractivity contribution is 5.61. The lowest BCUT2D eigenvalue weighted by Crippen LogP contribution is -2.48. The molecule has 5 nitrogen and oxygen atoms in total. The largest absolute Gasteiger partial charge is 0.390 e.